The summed E-state index contributed by atoms with van der Waals surface area (Å²) in [5.74, 6) is -0.732. The van der Waals surface area contributed by atoms with E-state index >= 15 is 0 Å². The molecule has 1 heterocycles. The molecule has 8 heteroatoms. The number of rotatable bonds is 6. The summed E-state index contributed by atoms with van der Waals surface area (Å²) in [5, 5.41) is 0. The molecular weight excluding hydrogens is 360 g/mol. The van der Waals surface area contributed by atoms with Gasteiger partial charge in [-0.25, -0.2) is 4.98 Å². The van der Waals surface area contributed by atoms with Crippen molar-refractivity contribution >= 4 is 17.6 Å². The van der Waals surface area contributed by atoms with Gasteiger partial charge in [-0.2, -0.15) is 0 Å². The van der Waals surface area contributed by atoms with Gasteiger partial charge in [0, 0.05) is 24.4 Å². The van der Waals surface area contributed by atoms with Crippen LogP contribution in [0.1, 0.15) is 26.4 Å². The molecule has 142 valence electrons. The van der Waals surface area contributed by atoms with Gasteiger partial charge in [-0.15, -0.1) is 0 Å². The van der Waals surface area contributed by atoms with Crippen molar-refractivity contribution < 1.29 is 19.1 Å². The van der Waals surface area contributed by atoms with Crippen LogP contribution >= 0.6 is 0 Å². The Balaban J connectivity index is 1.47. The lowest BCUT2D eigenvalue weighted by Crippen LogP contribution is -2.43. The summed E-state index contributed by atoms with van der Waals surface area (Å²) in [5.41, 5.74) is 5.79. The number of nitrogens with one attached hydrogen (secondary N) is 2. The van der Waals surface area contributed by atoms with Crippen LogP contribution in [0.4, 0.5) is 0 Å². The fraction of sp³-hybridized carbons (Fsp3) is 0.100. The van der Waals surface area contributed by atoms with Gasteiger partial charge in [-0.1, -0.05) is 30.3 Å². The predicted molar refractivity (Wildman–Crippen MR) is 101 cm³/mol. The Morgan fingerprint density at radius 3 is 2.29 bits per heavy atom. The Labute approximate surface area is 161 Å². The molecule has 3 rings (SSSR count). The Hall–Kier alpha value is -3.94. The standard InChI is InChI=1S/C20H18N4O4/c1-24-11-17(21-13-24)20(27)23-22-18(25)12-28-16-9-7-15(8-10-16)19(26)14-5-3-2-4-6-14/h2-11,13H,12H2,1H3,(H,22,25)(H,23,27). The van der Waals surface area contributed by atoms with Gasteiger partial charge in [0.25, 0.3) is 11.8 Å². The third-order valence-electron chi connectivity index (χ3n) is 3.78. The Bertz CT molecular complexity index is 981. The SMILES string of the molecule is Cn1cnc(C(=O)NNC(=O)COc2ccc(C(=O)c3ccccc3)cc2)c1. The molecule has 0 radical (unpaired) electrons. The summed E-state index contributed by atoms with van der Waals surface area (Å²) in [6.07, 6.45) is 3.00. The van der Waals surface area contributed by atoms with E-state index in [1.165, 1.54) is 12.5 Å². The highest BCUT2D eigenvalue weighted by molar-refractivity contribution is 6.09. The van der Waals surface area contributed by atoms with Gasteiger partial charge in [0.15, 0.2) is 12.4 Å². The maximum Gasteiger partial charge on any atom is 0.289 e. The number of aryl methyl sites for hydroxylation is 1. The number of hydrazine groups is 1. The van der Waals surface area contributed by atoms with Crippen LogP contribution in [-0.2, 0) is 11.8 Å². The molecule has 0 fully saturated rings. The summed E-state index contributed by atoms with van der Waals surface area (Å²) in [6, 6.07) is 15.4. The minimum atomic E-state index is -0.534. The van der Waals surface area contributed by atoms with Crippen LogP contribution in [-0.4, -0.2) is 33.8 Å². The topological polar surface area (TPSA) is 102 Å². The normalized spacial score (nSPS) is 10.2. The zero-order valence-electron chi connectivity index (χ0n) is 15.1. The van der Waals surface area contributed by atoms with Gasteiger partial charge < -0.3 is 9.30 Å². The Morgan fingerprint density at radius 1 is 0.964 bits per heavy atom. The van der Waals surface area contributed by atoms with Crippen LogP contribution in [0.5, 0.6) is 5.75 Å². The predicted octanol–water partition coefficient (Wildman–Crippen LogP) is 1.49. The Kier molecular flexibility index (Phi) is 5.81. The van der Waals surface area contributed by atoms with Crippen molar-refractivity contribution in [3.63, 3.8) is 0 Å². The van der Waals surface area contributed by atoms with Crippen molar-refractivity contribution in [1.82, 2.24) is 20.4 Å². The lowest BCUT2D eigenvalue weighted by atomic mass is 10.0. The quantitative estimate of drug-likeness (QED) is 0.500. The summed E-state index contributed by atoms with van der Waals surface area (Å²) in [6.45, 7) is -0.297. The third kappa shape index (κ3) is 4.82. The van der Waals surface area contributed by atoms with E-state index in [9.17, 15) is 14.4 Å². The van der Waals surface area contributed by atoms with Crippen molar-refractivity contribution in [1.29, 1.82) is 0 Å². The van der Waals surface area contributed by atoms with Gasteiger partial charge in [0.1, 0.15) is 11.4 Å². The molecule has 2 amide bonds. The Morgan fingerprint density at radius 2 is 1.64 bits per heavy atom. The number of carbonyl (C=O) groups is 3. The molecule has 0 saturated heterocycles. The number of imidazole rings is 1. The van der Waals surface area contributed by atoms with Crippen LogP contribution in [0.15, 0.2) is 67.1 Å². The maximum absolute atomic E-state index is 12.3. The summed E-state index contributed by atoms with van der Waals surface area (Å²) < 4.78 is 6.97. The summed E-state index contributed by atoms with van der Waals surface area (Å²) in [4.78, 5) is 39.8. The minimum absolute atomic E-state index is 0.0953. The lowest BCUT2D eigenvalue weighted by molar-refractivity contribution is -0.123. The number of aromatic nitrogens is 2. The highest BCUT2D eigenvalue weighted by atomic mass is 16.5. The lowest BCUT2D eigenvalue weighted by Gasteiger charge is -2.08. The molecule has 8 nitrogen and oxygen atoms in total. The highest BCUT2D eigenvalue weighted by Crippen LogP contribution is 2.15. The van der Waals surface area contributed by atoms with Crippen LogP contribution in [0.2, 0.25) is 0 Å². The van der Waals surface area contributed by atoms with Gasteiger partial charge in [-0.3, -0.25) is 25.2 Å². The first-order valence-corrected chi connectivity index (χ1v) is 8.42. The zero-order valence-corrected chi connectivity index (χ0v) is 15.1. The van der Waals surface area contributed by atoms with E-state index in [0.717, 1.165) is 0 Å². The van der Waals surface area contributed by atoms with Crippen molar-refractivity contribution in [2.24, 2.45) is 7.05 Å². The first kappa shape index (κ1) is 18.8. The van der Waals surface area contributed by atoms with E-state index in [-0.39, 0.29) is 18.1 Å². The van der Waals surface area contributed by atoms with E-state index < -0.39 is 11.8 Å². The van der Waals surface area contributed by atoms with Crippen molar-refractivity contribution in [2.75, 3.05) is 6.61 Å². The molecule has 0 spiro atoms. The number of ketones is 1. The van der Waals surface area contributed by atoms with E-state index in [1.807, 2.05) is 6.07 Å². The minimum Gasteiger partial charge on any atom is -0.484 e. The molecule has 0 atom stereocenters. The average molecular weight is 378 g/mol. The van der Waals surface area contributed by atoms with E-state index in [4.69, 9.17) is 4.74 Å². The van der Waals surface area contributed by atoms with Crippen molar-refractivity contribution in [3.05, 3.63) is 83.9 Å². The molecule has 0 aliphatic heterocycles. The van der Waals surface area contributed by atoms with E-state index in [1.54, 1.807) is 60.1 Å². The van der Waals surface area contributed by atoms with E-state index in [2.05, 4.69) is 15.8 Å². The van der Waals surface area contributed by atoms with Gasteiger partial charge >= 0.3 is 0 Å². The molecule has 0 saturated carbocycles. The summed E-state index contributed by atoms with van der Waals surface area (Å²) >= 11 is 0. The second-order valence-corrected chi connectivity index (χ2v) is 5.93. The van der Waals surface area contributed by atoms with Crippen molar-refractivity contribution in [2.45, 2.75) is 0 Å². The first-order valence-electron chi connectivity index (χ1n) is 8.42. The number of hydrogen-bond donors (Lipinski definition) is 2. The van der Waals surface area contributed by atoms with Gasteiger partial charge in [-0.05, 0) is 24.3 Å². The van der Waals surface area contributed by atoms with Crippen LogP contribution < -0.4 is 15.6 Å². The molecule has 2 aromatic carbocycles. The largest absolute Gasteiger partial charge is 0.484 e. The molecule has 3 aromatic rings. The number of nitrogens with zero attached hydrogens (tertiary/aromatic N) is 2. The molecule has 0 aliphatic rings. The molecule has 28 heavy (non-hydrogen) atoms. The smallest absolute Gasteiger partial charge is 0.289 e. The molecule has 0 bridgehead atoms. The second-order valence-electron chi connectivity index (χ2n) is 5.93. The molecule has 0 unspecified atom stereocenters. The number of benzene rings is 2. The molecule has 1 aromatic heterocycles. The zero-order chi connectivity index (χ0) is 19.9. The van der Waals surface area contributed by atoms with Crippen LogP contribution in [0.25, 0.3) is 0 Å². The fourth-order valence-electron chi connectivity index (χ4n) is 2.36. The monoisotopic (exact) mass is 378 g/mol. The third-order valence-corrected chi connectivity index (χ3v) is 3.78. The molecular formula is C20H18N4O4. The maximum atomic E-state index is 12.3. The van der Waals surface area contributed by atoms with Crippen molar-refractivity contribution in [3.8, 4) is 5.75 Å². The first-order chi connectivity index (χ1) is 13.5. The number of hydrogen-bond acceptors (Lipinski definition) is 5. The molecule has 0 aliphatic carbocycles. The van der Waals surface area contributed by atoms with Gasteiger partial charge in [0.2, 0.25) is 0 Å². The number of amides is 2. The average Bonchev–Trinajstić information content (AvgIpc) is 3.17. The fourth-order valence-corrected chi connectivity index (χ4v) is 2.36. The second kappa shape index (κ2) is 8.63. The summed E-state index contributed by atoms with van der Waals surface area (Å²) in [7, 11) is 1.73. The van der Waals surface area contributed by atoms with Crippen LogP contribution in [0, 0.1) is 0 Å². The molecule has 2 N–H and O–H groups in total. The van der Waals surface area contributed by atoms with Crippen LogP contribution in [0.3, 0.4) is 0 Å². The van der Waals surface area contributed by atoms with E-state index in [0.29, 0.717) is 16.9 Å². The van der Waals surface area contributed by atoms with Gasteiger partial charge in [0.05, 0.1) is 6.33 Å². The highest BCUT2D eigenvalue weighted by Gasteiger charge is 2.11. The number of ether oxygens (including phenoxy) is 1. The number of carbonyl (C=O) groups excluding carboxylic acids is 3.